The molecule has 0 saturated carbocycles. The van der Waals surface area contributed by atoms with Gasteiger partial charge in [-0.15, -0.1) is 0 Å². The third kappa shape index (κ3) is 5.01. The van der Waals surface area contributed by atoms with Gasteiger partial charge in [-0.2, -0.15) is 0 Å². The summed E-state index contributed by atoms with van der Waals surface area (Å²) in [5, 5.41) is 4.34. The molecule has 2 aromatic carbocycles. The second-order valence-electron chi connectivity index (χ2n) is 6.81. The second kappa shape index (κ2) is 7.96. The average Bonchev–Trinajstić information content (AvgIpc) is 3.02. The Labute approximate surface area is 169 Å². The predicted molar refractivity (Wildman–Crippen MR) is 109 cm³/mol. The lowest BCUT2D eigenvalue weighted by Gasteiger charge is -2.11. The molecule has 0 unspecified atom stereocenters. The van der Waals surface area contributed by atoms with E-state index in [9.17, 15) is 26.4 Å². The zero-order chi connectivity index (χ0) is 21.2. The van der Waals surface area contributed by atoms with Crippen LogP contribution in [0.3, 0.4) is 0 Å². The van der Waals surface area contributed by atoms with Crippen LogP contribution in [0.1, 0.15) is 23.7 Å². The van der Waals surface area contributed by atoms with Crippen LogP contribution in [0, 0.1) is 0 Å². The summed E-state index contributed by atoms with van der Waals surface area (Å²) in [5.41, 5.74) is 1.24. The third-order valence-electron chi connectivity index (χ3n) is 4.52. The van der Waals surface area contributed by atoms with Gasteiger partial charge in [0, 0.05) is 23.9 Å². The Morgan fingerprint density at radius 2 is 1.62 bits per heavy atom. The van der Waals surface area contributed by atoms with E-state index in [1.54, 1.807) is 24.3 Å². The van der Waals surface area contributed by atoms with Crippen molar-refractivity contribution < 1.29 is 26.4 Å². The van der Waals surface area contributed by atoms with Crippen molar-refractivity contribution in [2.24, 2.45) is 0 Å². The van der Waals surface area contributed by atoms with Crippen molar-refractivity contribution in [3.8, 4) is 0 Å². The van der Waals surface area contributed by atoms with Gasteiger partial charge in [0.2, 0.25) is 5.91 Å². The summed E-state index contributed by atoms with van der Waals surface area (Å²) in [4.78, 5) is 23.5. The van der Waals surface area contributed by atoms with Crippen molar-refractivity contribution in [2.45, 2.75) is 23.5 Å². The Kier molecular flexibility index (Phi) is 5.76. The van der Waals surface area contributed by atoms with Crippen LogP contribution in [0.4, 0.5) is 11.4 Å². The number of amides is 2. The lowest BCUT2D eigenvalue weighted by atomic mass is 10.2. The highest BCUT2D eigenvalue weighted by molar-refractivity contribution is 7.96. The number of rotatable bonds is 5. The van der Waals surface area contributed by atoms with Crippen LogP contribution in [-0.2, 0) is 24.5 Å². The summed E-state index contributed by atoms with van der Waals surface area (Å²) < 4.78 is 48.4. The normalized spacial score (nSPS) is 18.2. The van der Waals surface area contributed by atoms with E-state index in [0.29, 0.717) is 11.4 Å². The molecule has 1 heterocycles. The summed E-state index contributed by atoms with van der Waals surface area (Å²) >= 11 is 0. The molecule has 29 heavy (non-hydrogen) atoms. The lowest BCUT2D eigenvalue weighted by Crippen LogP contribution is -2.22. The van der Waals surface area contributed by atoms with Crippen LogP contribution in [0.2, 0.25) is 0 Å². The number of sulfone groups is 2. The van der Waals surface area contributed by atoms with E-state index in [2.05, 4.69) is 10.6 Å². The first-order valence-corrected chi connectivity index (χ1v) is 12.2. The summed E-state index contributed by atoms with van der Waals surface area (Å²) in [6, 6.07) is 12.0. The predicted octanol–water partition coefficient (Wildman–Crippen LogP) is 1.86. The topological polar surface area (TPSA) is 126 Å². The van der Waals surface area contributed by atoms with E-state index in [1.165, 1.54) is 31.2 Å². The van der Waals surface area contributed by atoms with Crippen LogP contribution in [0.5, 0.6) is 0 Å². The lowest BCUT2D eigenvalue weighted by molar-refractivity contribution is -0.114. The molecule has 1 saturated heterocycles. The molecule has 0 aliphatic carbocycles. The molecule has 10 heteroatoms. The number of anilines is 2. The van der Waals surface area contributed by atoms with E-state index in [4.69, 9.17) is 0 Å². The molecule has 1 atom stereocenters. The SMILES string of the molecule is CC(=O)Nc1cccc(NC(=O)c2ccc(S(=O)(=O)[C@@H]3CCS(=O)(=O)C3)cc2)c1. The molecule has 3 rings (SSSR count). The summed E-state index contributed by atoms with van der Waals surface area (Å²) in [6.07, 6.45) is 0.0809. The van der Waals surface area contributed by atoms with Crippen molar-refractivity contribution in [3.63, 3.8) is 0 Å². The largest absolute Gasteiger partial charge is 0.326 e. The molecular formula is C19H20N2O6S2. The van der Waals surface area contributed by atoms with Gasteiger partial charge in [0.15, 0.2) is 19.7 Å². The first-order chi connectivity index (χ1) is 13.6. The molecule has 154 valence electrons. The summed E-state index contributed by atoms with van der Waals surface area (Å²) in [6.45, 7) is 1.38. The van der Waals surface area contributed by atoms with Gasteiger partial charge >= 0.3 is 0 Å². The Morgan fingerprint density at radius 3 is 2.17 bits per heavy atom. The minimum atomic E-state index is -3.78. The molecule has 0 bridgehead atoms. The molecule has 2 aromatic rings. The quantitative estimate of drug-likeness (QED) is 0.737. The van der Waals surface area contributed by atoms with Crippen molar-refractivity contribution in [1.82, 2.24) is 0 Å². The van der Waals surface area contributed by atoms with Gasteiger partial charge in [0.25, 0.3) is 5.91 Å². The third-order valence-corrected chi connectivity index (χ3v) is 8.70. The van der Waals surface area contributed by atoms with Crippen LogP contribution in [-0.4, -0.2) is 45.4 Å². The van der Waals surface area contributed by atoms with Crippen molar-refractivity contribution >= 4 is 42.9 Å². The van der Waals surface area contributed by atoms with Gasteiger partial charge in [-0.1, -0.05) is 6.07 Å². The van der Waals surface area contributed by atoms with Gasteiger partial charge in [0.1, 0.15) is 0 Å². The number of carbonyl (C=O) groups excluding carboxylic acids is 2. The Hall–Kier alpha value is -2.72. The summed E-state index contributed by atoms with van der Waals surface area (Å²) in [7, 11) is -7.10. The van der Waals surface area contributed by atoms with E-state index in [-0.39, 0.29) is 34.3 Å². The molecule has 0 aromatic heterocycles. The highest BCUT2D eigenvalue weighted by Gasteiger charge is 2.37. The highest BCUT2D eigenvalue weighted by atomic mass is 32.2. The van der Waals surface area contributed by atoms with Crippen LogP contribution >= 0.6 is 0 Å². The van der Waals surface area contributed by atoms with Gasteiger partial charge in [0.05, 0.1) is 21.7 Å². The van der Waals surface area contributed by atoms with Gasteiger partial charge in [-0.25, -0.2) is 16.8 Å². The maximum atomic E-state index is 12.6. The van der Waals surface area contributed by atoms with Crippen molar-refractivity contribution in [2.75, 3.05) is 22.1 Å². The van der Waals surface area contributed by atoms with Gasteiger partial charge in [-0.05, 0) is 48.9 Å². The zero-order valence-corrected chi connectivity index (χ0v) is 17.2. The molecule has 1 aliphatic heterocycles. The number of nitrogens with one attached hydrogen (secondary N) is 2. The monoisotopic (exact) mass is 436 g/mol. The molecule has 0 spiro atoms. The Bertz CT molecular complexity index is 1160. The zero-order valence-electron chi connectivity index (χ0n) is 15.6. The fourth-order valence-corrected chi connectivity index (χ4v) is 7.44. The smallest absolute Gasteiger partial charge is 0.255 e. The maximum absolute atomic E-state index is 12.6. The molecule has 1 aliphatic rings. The highest BCUT2D eigenvalue weighted by Crippen LogP contribution is 2.26. The average molecular weight is 437 g/mol. The number of benzene rings is 2. The van der Waals surface area contributed by atoms with Crippen LogP contribution in [0.25, 0.3) is 0 Å². The van der Waals surface area contributed by atoms with Gasteiger partial charge < -0.3 is 10.6 Å². The minimum Gasteiger partial charge on any atom is -0.326 e. The fourth-order valence-electron chi connectivity index (χ4n) is 3.08. The maximum Gasteiger partial charge on any atom is 0.255 e. The fraction of sp³-hybridized carbons (Fsp3) is 0.263. The molecule has 2 amide bonds. The van der Waals surface area contributed by atoms with Crippen molar-refractivity contribution in [3.05, 3.63) is 54.1 Å². The Balaban J connectivity index is 1.73. The number of carbonyl (C=O) groups is 2. The van der Waals surface area contributed by atoms with E-state index < -0.39 is 30.8 Å². The molecule has 2 N–H and O–H groups in total. The number of hydrogen-bond donors (Lipinski definition) is 2. The molecule has 0 radical (unpaired) electrons. The van der Waals surface area contributed by atoms with E-state index in [1.807, 2.05) is 0 Å². The minimum absolute atomic E-state index is 0.0104. The molecular weight excluding hydrogens is 416 g/mol. The van der Waals surface area contributed by atoms with Crippen LogP contribution < -0.4 is 10.6 Å². The van der Waals surface area contributed by atoms with E-state index in [0.717, 1.165) is 0 Å². The first kappa shape index (κ1) is 21.0. The van der Waals surface area contributed by atoms with Crippen molar-refractivity contribution in [1.29, 1.82) is 0 Å². The van der Waals surface area contributed by atoms with Crippen LogP contribution in [0.15, 0.2) is 53.4 Å². The molecule has 1 fully saturated rings. The van der Waals surface area contributed by atoms with E-state index >= 15 is 0 Å². The Morgan fingerprint density at radius 1 is 1.00 bits per heavy atom. The molecule has 8 nitrogen and oxygen atoms in total. The summed E-state index contributed by atoms with van der Waals surface area (Å²) in [5.74, 6) is -1.19. The second-order valence-corrected chi connectivity index (χ2v) is 11.3. The standard InChI is InChI=1S/C19H20N2O6S2/c1-13(22)20-15-3-2-4-16(11-15)21-19(23)14-5-7-17(8-6-14)29(26,27)18-9-10-28(24,25)12-18/h2-8,11,18H,9-10,12H2,1H3,(H,20,22)(H,21,23)/t18-/m1/s1. The first-order valence-electron chi connectivity index (χ1n) is 8.80. The van der Waals surface area contributed by atoms with Gasteiger partial charge in [-0.3, -0.25) is 9.59 Å². The number of hydrogen-bond acceptors (Lipinski definition) is 6.